The number of pyridine rings is 1. The molecule has 0 saturated carbocycles. The van der Waals surface area contributed by atoms with Crippen molar-refractivity contribution in [2.75, 3.05) is 11.9 Å². The first-order valence-electron chi connectivity index (χ1n) is 11.0. The number of carbonyl (C=O) groups is 1. The van der Waals surface area contributed by atoms with Crippen molar-refractivity contribution in [2.24, 2.45) is 0 Å². The summed E-state index contributed by atoms with van der Waals surface area (Å²) in [5.41, 5.74) is 2.49. The summed E-state index contributed by atoms with van der Waals surface area (Å²) in [6.45, 7) is 4.10. The fraction of sp³-hybridized carbons (Fsp3) is 0.435. The van der Waals surface area contributed by atoms with E-state index in [1.165, 1.54) is 11.3 Å². The van der Waals surface area contributed by atoms with Crippen molar-refractivity contribution in [3.8, 4) is 16.6 Å². The summed E-state index contributed by atoms with van der Waals surface area (Å²) in [6, 6.07) is 6.02. The number of carbonyl (C=O) groups excluding carboxylic acids is 1. The summed E-state index contributed by atoms with van der Waals surface area (Å²) in [4.78, 5) is 29.9. The molecule has 8 nitrogen and oxygen atoms in total. The van der Waals surface area contributed by atoms with Crippen molar-refractivity contribution < 1.29 is 9.53 Å². The molecule has 2 aliphatic heterocycles. The van der Waals surface area contributed by atoms with Crippen LogP contribution in [0.3, 0.4) is 0 Å². The van der Waals surface area contributed by atoms with E-state index < -0.39 is 0 Å². The van der Waals surface area contributed by atoms with Gasteiger partial charge in [-0.3, -0.25) is 4.79 Å². The molecule has 5 heterocycles. The SMILES string of the molecule is Cc1nc(C)c(-c2csc(Nc3ccc(C(=O)N4[C@@H]5CC[C@H]4CC(OCC#N)C5)cn3)n2)s1. The van der Waals surface area contributed by atoms with E-state index >= 15 is 0 Å². The van der Waals surface area contributed by atoms with Crippen molar-refractivity contribution in [2.45, 2.75) is 57.7 Å². The van der Waals surface area contributed by atoms with Crippen LogP contribution in [0.2, 0.25) is 0 Å². The average Bonchev–Trinajstić information content (AvgIpc) is 3.47. The molecule has 170 valence electrons. The van der Waals surface area contributed by atoms with Gasteiger partial charge in [0.05, 0.1) is 39.0 Å². The molecular weight excluding hydrogens is 456 g/mol. The number of nitrogens with one attached hydrogen (secondary N) is 1. The predicted octanol–water partition coefficient (Wildman–Crippen LogP) is 4.70. The summed E-state index contributed by atoms with van der Waals surface area (Å²) in [5.74, 6) is 0.670. The number of hydrogen-bond donors (Lipinski definition) is 1. The second-order valence-electron chi connectivity index (χ2n) is 8.40. The summed E-state index contributed by atoms with van der Waals surface area (Å²) in [5, 5.41) is 15.8. The predicted molar refractivity (Wildman–Crippen MR) is 128 cm³/mol. The molecule has 5 rings (SSSR count). The van der Waals surface area contributed by atoms with E-state index in [4.69, 9.17) is 10.00 Å². The minimum Gasteiger partial charge on any atom is -0.363 e. The highest BCUT2D eigenvalue weighted by Crippen LogP contribution is 2.38. The van der Waals surface area contributed by atoms with E-state index in [1.54, 1.807) is 17.5 Å². The summed E-state index contributed by atoms with van der Waals surface area (Å²) in [6.07, 6.45) is 5.26. The number of fused-ring (bicyclic) bond motifs is 2. The summed E-state index contributed by atoms with van der Waals surface area (Å²) < 4.78 is 5.63. The van der Waals surface area contributed by atoms with Crippen molar-refractivity contribution in [1.82, 2.24) is 19.9 Å². The van der Waals surface area contributed by atoms with Crippen molar-refractivity contribution >= 4 is 39.5 Å². The lowest BCUT2D eigenvalue weighted by Crippen LogP contribution is -2.48. The van der Waals surface area contributed by atoms with Gasteiger partial charge < -0.3 is 15.0 Å². The van der Waals surface area contributed by atoms with Crippen LogP contribution in [0.4, 0.5) is 10.9 Å². The lowest BCUT2D eigenvalue weighted by Gasteiger charge is -2.38. The van der Waals surface area contributed by atoms with E-state index in [1.807, 2.05) is 42.3 Å². The highest BCUT2D eigenvalue weighted by atomic mass is 32.1. The van der Waals surface area contributed by atoms with Crippen LogP contribution in [0.15, 0.2) is 23.7 Å². The minimum absolute atomic E-state index is 0.0212. The number of aromatic nitrogens is 3. The number of aryl methyl sites for hydroxylation is 2. The van der Waals surface area contributed by atoms with Gasteiger partial charge in [-0.1, -0.05) is 0 Å². The fourth-order valence-corrected chi connectivity index (χ4v) is 6.47. The highest BCUT2D eigenvalue weighted by Gasteiger charge is 2.43. The average molecular weight is 481 g/mol. The van der Waals surface area contributed by atoms with Crippen LogP contribution in [0.1, 0.15) is 46.7 Å². The zero-order valence-electron chi connectivity index (χ0n) is 18.4. The van der Waals surface area contributed by atoms with Crippen molar-refractivity contribution in [3.63, 3.8) is 0 Å². The quantitative estimate of drug-likeness (QED) is 0.545. The van der Waals surface area contributed by atoms with Crippen LogP contribution in [-0.2, 0) is 4.74 Å². The number of thiazole rings is 2. The number of nitrogens with zero attached hydrogens (tertiary/aromatic N) is 5. The first kappa shape index (κ1) is 21.9. The highest BCUT2D eigenvalue weighted by molar-refractivity contribution is 7.16. The molecule has 1 unspecified atom stereocenters. The molecule has 0 spiro atoms. The molecule has 2 saturated heterocycles. The first-order chi connectivity index (χ1) is 16.0. The molecule has 3 atom stereocenters. The Labute approximate surface area is 200 Å². The van der Waals surface area contributed by atoms with Gasteiger partial charge in [0.2, 0.25) is 0 Å². The van der Waals surface area contributed by atoms with E-state index in [0.29, 0.717) is 11.4 Å². The van der Waals surface area contributed by atoms with E-state index in [0.717, 1.165) is 52.1 Å². The van der Waals surface area contributed by atoms with Crippen molar-refractivity contribution in [1.29, 1.82) is 5.26 Å². The van der Waals surface area contributed by atoms with Gasteiger partial charge in [0.15, 0.2) is 5.13 Å². The molecule has 2 bridgehead atoms. The third-order valence-corrected chi connectivity index (χ3v) is 8.05. The first-order valence-corrected chi connectivity index (χ1v) is 12.7. The molecule has 3 aromatic rings. The Morgan fingerprint density at radius 1 is 1.27 bits per heavy atom. The lowest BCUT2D eigenvalue weighted by atomic mass is 9.98. The number of nitriles is 1. The van der Waals surface area contributed by atoms with Gasteiger partial charge in [-0.05, 0) is 51.7 Å². The molecule has 2 aliphatic rings. The number of rotatable bonds is 6. The van der Waals surface area contributed by atoms with Crippen LogP contribution in [-0.4, -0.2) is 50.6 Å². The number of amides is 1. The van der Waals surface area contributed by atoms with Crippen molar-refractivity contribution in [3.05, 3.63) is 40.0 Å². The molecule has 2 fully saturated rings. The number of ether oxygens (including phenoxy) is 1. The maximum Gasteiger partial charge on any atom is 0.255 e. The molecule has 10 heteroatoms. The Hall–Kier alpha value is -2.87. The van der Waals surface area contributed by atoms with Crippen LogP contribution in [0, 0.1) is 25.2 Å². The minimum atomic E-state index is 0.0212. The molecule has 0 aliphatic carbocycles. The van der Waals surface area contributed by atoms with Gasteiger partial charge in [0.1, 0.15) is 12.4 Å². The van der Waals surface area contributed by atoms with Crippen LogP contribution in [0.25, 0.3) is 10.6 Å². The maximum atomic E-state index is 13.2. The second kappa shape index (κ2) is 9.17. The third-order valence-electron chi connectivity index (χ3n) is 6.19. The molecule has 0 radical (unpaired) electrons. The second-order valence-corrected chi connectivity index (χ2v) is 10.5. The van der Waals surface area contributed by atoms with Gasteiger partial charge in [-0.15, -0.1) is 22.7 Å². The molecule has 1 amide bonds. The molecule has 1 N–H and O–H groups in total. The van der Waals surface area contributed by atoms with E-state index in [9.17, 15) is 4.79 Å². The standard InChI is InChI=1S/C23H24N6O2S2/c1-13-21(33-14(2)26-13)19-12-32-23(27-19)28-20-6-3-15(11-25-20)22(30)29-16-4-5-17(29)10-18(9-16)31-8-7-24/h3,6,11-12,16-18H,4-5,8-10H2,1-2H3,(H,25,27,28)/t16-,17+,18?. The Morgan fingerprint density at radius 3 is 2.70 bits per heavy atom. The van der Waals surface area contributed by atoms with Gasteiger partial charge in [-0.2, -0.15) is 5.26 Å². The van der Waals surface area contributed by atoms with E-state index in [-0.39, 0.29) is 30.7 Å². The number of anilines is 2. The number of hydrogen-bond acceptors (Lipinski definition) is 9. The Morgan fingerprint density at radius 2 is 2.06 bits per heavy atom. The van der Waals surface area contributed by atoms with Gasteiger partial charge in [0, 0.05) is 23.7 Å². The molecule has 33 heavy (non-hydrogen) atoms. The van der Waals surface area contributed by atoms with Crippen LogP contribution in [0.5, 0.6) is 0 Å². The Balaban J connectivity index is 1.24. The molecule has 3 aromatic heterocycles. The van der Waals surface area contributed by atoms with Gasteiger partial charge >= 0.3 is 0 Å². The normalized spacial score (nSPS) is 21.7. The molecular formula is C23H24N6O2S2. The monoisotopic (exact) mass is 480 g/mol. The summed E-state index contributed by atoms with van der Waals surface area (Å²) >= 11 is 3.15. The zero-order chi connectivity index (χ0) is 22.9. The topological polar surface area (TPSA) is 104 Å². The van der Waals surface area contributed by atoms with Gasteiger partial charge in [-0.25, -0.2) is 15.0 Å². The van der Waals surface area contributed by atoms with Crippen LogP contribution < -0.4 is 5.32 Å². The molecule has 0 aromatic carbocycles. The third kappa shape index (κ3) is 4.49. The van der Waals surface area contributed by atoms with E-state index in [2.05, 4.69) is 20.3 Å². The Bertz CT molecular complexity index is 1180. The largest absolute Gasteiger partial charge is 0.363 e. The lowest BCUT2D eigenvalue weighted by molar-refractivity contribution is -0.00273. The van der Waals surface area contributed by atoms with Crippen LogP contribution >= 0.6 is 22.7 Å². The van der Waals surface area contributed by atoms with Gasteiger partial charge in [0.25, 0.3) is 5.91 Å². The smallest absolute Gasteiger partial charge is 0.255 e. The fourth-order valence-electron chi connectivity index (χ4n) is 4.81. The maximum absolute atomic E-state index is 13.2. The zero-order valence-corrected chi connectivity index (χ0v) is 20.1. The number of piperidine rings is 1. The summed E-state index contributed by atoms with van der Waals surface area (Å²) in [7, 11) is 0. The Kier molecular flexibility index (Phi) is 6.10.